The fourth-order valence-electron chi connectivity index (χ4n) is 1.94. The minimum atomic E-state index is -4.23. The molecule has 2 unspecified atom stereocenters. The predicted molar refractivity (Wildman–Crippen MR) is 55.1 cm³/mol. The first-order valence-corrected chi connectivity index (χ1v) is 5.61. The molecule has 96 valence electrons. The summed E-state index contributed by atoms with van der Waals surface area (Å²) in [4.78, 5) is 0. The number of hydrogen-bond acceptors (Lipinski definition) is 3. The summed E-state index contributed by atoms with van der Waals surface area (Å²) in [5, 5.41) is 3.17. The Morgan fingerprint density at radius 2 is 2.06 bits per heavy atom. The van der Waals surface area contributed by atoms with E-state index in [1.54, 1.807) is 0 Å². The van der Waals surface area contributed by atoms with Crippen LogP contribution in [0.4, 0.5) is 13.2 Å². The van der Waals surface area contributed by atoms with Crippen molar-refractivity contribution in [1.29, 1.82) is 0 Å². The zero-order valence-corrected chi connectivity index (χ0v) is 9.22. The average Bonchev–Trinajstić information content (AvgIpc) is 2.15. The van der Waals surface area contributed by atoms with Crippen LogP contribution >= 0.6 is 0 Å². The van der Waals surface area contributed by atoms with Gasteiger partial charge in [-0.1, -0.05) is 6.42 Å². The quantitative estimate of drug-likeness (QED) is 0.715. The Morgan fingerprint density at radius 1 is 1.31 bits per heavy atom. The molecule has 1 aliphatic carbocycles. The van der Waals surface area contributed by atoms with Crippen LogP contribution in [-0.4, -0.2) is 38.0 Å². The summed E-state index contributed by atoms with van der Waals surface area (Å²) in [6, 6.07) is 0.556. The van der Waals surface area contributed by atoms with Gasteiger partial charge in [-0.05, 0) is 19.3 Å². The molecule has 0 aliphatic heterocycles. The fraction of sp³-hybridized carbons (Fsp3) is 1.00. The van der Waals surface area contributed by atoms with E-state index in [1.807, 2.05) is 0 Å². The first kappa shape index (κ1) is 13.7. The van der Waals surface area contributed by atoms with Gasteiger partial charge < -0.3 is 15.8 Å². The molecule has 0 bridgehead atoms. The van der Waals surface area contributed by atoms with E-state index in [4.69, 9.17) is 5.73 Å². The van der Waals surface area contributed by atoms with Gasteiger partial charge in [0.2, 0.25) is 0 Å². The lowest BCUT2D eigenvalue weighted by molar-refractivity contribution is -0.173. The molecule has 3 nitrogen and oxygen atoms in total. The monoisotopic (exact) mass is 240 g/mol. The zero-order valence-electron chi connectivity index (χ0n) is 9.22. The van der Waals surface area contributed by atoms with Crippen molar-refractivity contribution in [3.05, 3.63) is 0 Å². The van der Waals surface area contributed by atoms with Crippen LogP contribution in [-0.2, 0) is 4.74 Å². The maximum Gasteiger partial charge on any atom is 0.411 e. The molecule has 0 amide bonds. The van der Waals surface area contributed by atoms with Crippen LogP contribution in [0.25, 0.3) is 0 Å². The Bertz CT molecular complexity index is 199. The van der Waals surface area contributed by atoms with Crippen molar-refractivity contribution < 1.29 is 17.9 Å². The smallest absolute Gasteiger partial charge is 0.371 e. The standard InChI is InChI=1S/C10H19F3N2O/c11-10(12,13)7-16-5-4-15-9-3-1-2-8(14)6-9/h8-9,15H,1-7,14H2. The van der Waals surface area contributed by atoms with Crippen LogP contribution < -0.4 is 11.1 Å². The van der Waals surface area contributed by atoms with Crippen molar-refractivity contribution in [3.8, 4) is 0 Å². The Balaban J connectivity index is 1.98. The van der Waals surface area contributed by atoms with Crippen LogP contribution in [0.15, 0.2) is 0 Å². The van der Waals surface area contributed by atoms with E-state index in [0.29, 0.717) is 12.6 Å². The third-order valence-corrected chi connectivity index (χ3v) is 2.66. The van der Waals surface area contributed by atoms with E-state index in [0.717, 1.165) is 25.7 Å². The molecule has 1 rings (SSSR count). The van der Waals surface area contributed by atoms with E-state index >= 15 is 0 Å². The summed E-state index contributed by atoms with van der Waals surface area (Å²) in [5.41, 5.74) is 5.79. The molecule has 0 radical (unpaired) electrons. The zero-order chi connectivity index (χ0) is 12.0. The van der Waals surface area contributed by atoms with Crippen molar-refractivity contribution in [2.45, 2.75) is 43.9 Å². The van der Waals surface area contributed by atoms with Gasteiger partial charge in [-0.3, -0.25) is 0 Å². The molecule has 0 aromatic carbocycles. The highest BCUT2D eigenvalue weighted by molar-refractivity contribution is 4.79. The second-order valence-corrected chi connectivity index (χ2v) is 4.25. The molecule has 0 saturated heterocycles. The molecule has 0 heterocycles. The summed E-state index contributed by atoms with van der Waals surface area (Å²) in [5.74, 6) is 0. The van der Waals surface area contributed by atoms with Gasteiger partial charge in [0.05, 0.1) is 6.61 Å². The van der Waals surface area contributed by atoms with E-state index < -0.39 is 12.8 Å². The Morgan fingerprint density at radius 3 is 2.69 bits per heavy atom. The molecule has 6 heteroatoms. The van der Waals surface area contributed by atoms with Crippen molar-refractivity contribution in [1.82, 2.24) is 5.32 Å². The first-order valence-electron chi connectivity index (χ1n) is 5.61. The number of nitrogens with two attached hydrogens (primary N) is 1. The third-order valence-electron chi connectivity index (χ3n) is 2.66. The first-order chi connectivity index (χ1) is 7.47. The van der Waals surface area contributed by atoms with Crippen LogP contribution in [0.5, 0.6) is 0 Å². The average molecular weight is 240 g/mol. The normalized spacial score (nSPS) is 27.0. The Kier molecular flexibility index (Phi) is 5.51. The summed E-state index contributed by atoms with van der Waals surface area (Å²) in [6.07, 6.45) is -0.148. The van der Waals surface area contributed by atoms with Gasteiger partial charge in [-0.15, -0.1) is 0 Å². The third kappa shape index (κ3) is 6.30. The molecule has 2 atom stereocenters. The lowest BCUT2D eigenvalue weighted by Gasteiger charge is -2.27. The minimum Gasteiger partial charge on any atom is -0.371 e. The highest BCUT2D eigenvalue weighted by atomic mass is 19.4. The lowest BCUT2D eigenvalue weighted by Crippen LogP contribution is -2.40. The van der Waals surface area contributed by atoms with Gasteiger partial charge >= 0.3 is 6.18 Å². The number of rotatable bonds is 5. The maximum absolute atomic E-state index is 11.7. The SMILES string of the molecule is NC1CCCC(NCCOCC(F)(F)F)C1. The van der Waals surface area contributed by atoms with Crippen molar-refractivity contribution in [2.24, 2.45) is 5.73 Å². The largest absolute Gasteiger partial charge is 0.411 e. The Hall–Kier alpha value is -0.330. The van der Waals surface area contributed by atoms with Gasteiger partial charge in [0.1, 0.15) is 6.61 Å². The number of halogens is 3. The van der Waals surface area contributed by atoms with Crippen LogP contribution in [0.2, 0.25) is 0 Å². The lowest BCUT2D eigenvalue weighted by atomic mass is 9.92. The maximum atomic E-state index is 11.7. The molecular weight excluding hydrogens is 221 g/mol. The van der Waals surface area contributed by atoms with Crippen LogP contribution in [0.1, 0.15) is 25.7 Å². The summed E-state index contributed by atoms with van der Waals surface area (Å²) >= 11 is 0. The fourth-order valence-corrected chi connectivity index (χ4v) is 1.94. The van der Waals surface area contributed by atoms with Crippen LogP contribution in [0, 0.1) is 0 Å². The summed E-state index contributed by atoms with van der Waals surface area (Å²) in [7, 11) is 0. The van der Waals surface area contributed by atoms with Gasteiger partial charge in [-0.2, -0.15) is 13.2 Å². The molecule has 0 aromatic rings. The molecular formula is C10H19F3N2O. The van der Waals surface area contributed by atoms with E-state index in [-0.39, 0.29) is 12.6 Å². The molecule has 1 aliphatic rings. The minimum absolute atomic E-state index is 0.0885. The van der Waals surface area contributed by atoms with Gasteiger partial charge in [0.25, 0.3) is 0 Å². The van der Waals surface area contributed by atoms with Crippen molar-refractivity contribution >= 4 is 0 Å². The van der Waals surface area contributed by atoms with E-state index in [2.05, 4.69) is 10.1 Å². The molecule has 1 fully saturated rings. The molecule has 0 spiro atoms. The van der Waals surface area contributed by atoms with Gasteiger partial charge in [0.15, 0.2) is 0 Å². The number of ether oxygens (including phenoxy) is 1. The van der Waals surface area contributed by atoms with Crippen molar-refractivity contribution in [2.75, 3.05) is 19.8 Å². The highest BCUT2D eigenvalue weighted by Crippen LogP contribution is 2.17. The second kappa shape index (κ2) is 6.42. The highest BCUT2D eigenvalue weighted by Gasteiger charge is 2.27. The number of hydrogen-bond donors (Lipinski definition) is 2. The molecule has 3 N–H and O–H groups in total. The number of alkyl halides is 3. The second-order valence-electron chi connectivity index (χ2n) is 4.25. The predicted octanol–water partition coefficient (Wildman–Crippen LogP) is 1.42. The van der Waals surface area contributed by atoms with Gasteiger partial charge in [-0.25, -0.2) is 0 Å². The number of nitrogens with one attached hydrogen (secondary N) is 1. The molecule has 0 aromatic heterocycles. The topological polar surface area (TPSA) is 47.3 Å². The molecule has 16 heavy (non-hydrogen) atoms. The molecule has 1 saturated carbocycles. The van der Waals surface area contributed by atoms with E-state index in [9.17, 15) is 13.2 Å². The van der Waals surface area contributed by atoms with Gasteiger partial charge in [0, 0.05) is 18.6 Å². The summed E-state index contributed by atoms with van der Waals surface area (Å²) in [6.45, 7) is -0.627. The summed E-state index contributed by atoms with van der Waals surface area (Å²) < 4.78 is 39.7. The van der Waals surface area contributed by atoms with E-state index in [1.165, 1.54) is 0 Å². The van der Waals surface area contributed by atoms with Crippen LogP contribution in [0.3, 0.4) is 0 Å². The van der Waals surface area contributed by atoms with Crippen molar-refractivity contribution in [3.63, 3.8) is 0 Å². The Labute approximate surface area is 93.5 Å².